The standard InChI is InChI=1S/C16H19FN2O3S/c1-11(18-15-10-13(17)6-9-16(15)22-2)12-4-7-14(8-5-12)19-23(3,20)21/h4-11,18-19H,1-3H3/t11-/m1/s1. The number of halogens is 1. The first-order chi connectivity index (χ1) is 10.8. The summed E-state index contributed by atoms with van der Waals surface area (Å²) in [4.78, 5) is 0. The zero-order valence-electron chi connectivity index (χ0n) is 13.1. The van der Waals surface area contributed by atoms with Gasteiger partial charge in [0.15, 0.2) is 0 Å². The summed E-state index contributed by atoms with van der Waals surface area (Å²) in [5.74, 6) is 0.196. The first-order valence-electron chi connectivity index (χ1n) is 6.96. The lowest BCUT2D eigenvalue weighted by atomic mass is 10.1. The van der Waals surface area contributed by atoms with Gasteiger partial charge in [-0.25, -0.2) is 12.8 Å². The van der Waals surface area contributed by atoms with Gasteiger partial charge in [0, 0.05) is 17.8 Å². The molecule has 2 aromatic carbocycles. The van der Waals surface area contributed by atoms with Crippen LogP contribution in [-0.4, -0.2) is 21.8 Å². The number of rotatable bonds is 6. The highest BCUT2D eigenvalue weighted by Gasteiger charge is 2.10. The Labute approximate surface area is 135 Å². The Morgan fingerprint density at radius 1 is 1.13 bits per heavy atom. The molecule has 0 fully saturated rings. The largest absolute Gasteiger partial charge is 0.495 e. The molecule has 23 heavy (non-hydrogen) atoms. The second-order valence-corrected chi connectivity index (χ2v) is 6.96. The topological polar surface area (TPSA) is 67.4 Å². The molecule has 0 unspecified atom stereocenters. The molecule has 1 atom stereocenters. The van der Waals surface area contributed by atoms with Gasteiger partial charge in [-0.2, -0.15) is 0 Å². The molecule has 2 N–H and O–H groups in total. The van der Waals surface area contributed by atoms with Crippen LogP contribution >= 0.6 is 0 Å². The highest BCUT2D eigenvalue weighted by Crippen LogP contribution is 2.29. The van der Waals surface area contributed by atoms with Crippen LogP contribution in [0.4, 0.5) is 15.8 Å². The van der Waals surface area contributed by atoms with E-state index in [0.717, 1.165) is 11.8 Å². The fourth-order valence-corrected chi connectivity index (χ4v) is 2.73. The summed E-state index contributed by atoms with van der Waals surface area (Å²) >= 11 is 0. The molecule has 0 spiro atoms. The molecule has 0 amide bonds. The predicted molar refractivity (Wildman–Crippen MR) is 89.9 cm³/mol. The fourth-order valence-electron chi connectivity index (χ4n) is 2.16. The molecular formula is C16H19FN2O3S. The van der Waals surface area contributed by atoms with Crippen LogP contribution in [0.2, 0.25) is 0 Å². The zero-order valence-corrected chi connectivity index (χ0v) is 13.9. The van der Waals surface area contributed by atoms with E-state index in [-0.39, 0.29) is 11.9 Å². The SMILES string of the molecule is COc1ccc(F)cc1N[C@H](C)c1ccc(NS(C)(=O)=O)cc1. The van der Waals surface area contributed by atoms with Crippen LogP contribution in [0.15, 0.2) is 42.5 Å². The lowest BCUT2D eigenvalue weighted by Crippen LogP contribution is -2.10. The van der Waals surface area contributed by atoms with Crippen LogP contribution in [-0.2, 0) is 10.0 Å². The number of methoxy groups -OCH3 is 1. The molecule has 0 radical (unpaired) electrons. The van der Waals surface area contributed by atoms with E-state index in [0.29, 0.717) is 17.1 Å². The van der Waals surface area contributed by atoms with Crippen LogP contribution in [0.5, 0.6) is 5.75 Å². The van der Waals surface area contributed by atoms with E-state index in [1.807, 2.05) is 6.92 Å². The minimum atomic E-state index is -3.30. The van der Waals surface area contributed by atoms with Gasteiger partial charge in [-0.05, 0) is 36.8 Å². The minimum Gasteiger partial charge on any atom is -0.495 e. The quantitative estimate of drug-likeness (QED) is 0.847. The predicted octanol–water partition coefficient (Wildman–Crippen LogP) is 3.38. The molecule has 2 rings (SSSR count). The summed E-state index contributed by atoms with van der Waals surface area (Å²) in [5.41, 5.74) is 1.97. The van der Waals surface area contributed by atoms with Gasteiger partial charge < -0.3 is 10.1 Å². The molecule has 124 valence electrons. The molecule has 7 heteroatoms. The minimum absolute atomic E-state index is 0.113. The highest BCUT2D eigenvalue weighted by atomic mass is 32.2. The number of benzene rings is 2. The van der Waals surface area contributed by atoms with Gasteiger partial charge in [0.1, 0.15) is 11.6 Å². The maximum atomic E-state index is 13.4. The Kier molecular flexibility index (Phi) is 5.10. The van der Waals surface area contributed by atoms with E-state index in [4.69, 9.17) is 4.74 Å². The number of hydrogen-bond acceptors (Lipinski definition) is 4. The van der Waals surface area contributed by atoms with Gasteiger partial charge in [-0.1, -0.05) is 12.1 Å². The van der Waals surface area contributed by atoms with Crippen LogP contribution in [0, 0.1) is 5.82 Å². The van der Waals surface area contributed by atoms with E-state index in [1.165, 1.54) is 19.2 Å². The average Bonchev–Trinajstić information content (AvgIpc) is 2.46. The summed E-state index contributed by atoms with van der Waals surface area (Å²) in [6.07, 6.45) is 1.10. The zero-order chi connectivity index (χ0) is 17.0. The van der Waals surface area contributed by atoms with Crippen molar-refractivity contribution in [2.24, 2.45) is 0 Å². The van der Waals surface area contributed by atoms with Crippen LogP contribution in [0.3, 0.4) is 0 Å². The lowest BCUT2D eigenvalue weighted by molar-refractivity contribution is 0.415. The Morgan fingerprint density at radius 3 is 2.35 bits per heavy atom. The Hall–Kier alpha value is -2.28. The van der Waals surface area contributed by atoms with Gasteiger partial charge in [-0.3, -0.25) is 4.72 Å². The van der Waals surface area contributed by atoms with E-state index < -0.39 is 10.0 Å². The Morgan fingerprint density at radius 2 is 1.78 bits per heavy atom. The highest BCUT2D eigenvalue weighted by molar-refractivity contribution is 7.92. The van der Waals surface area contributed by atoms with Crippen molar-refractivity contribution in [2.75, 3.05) is 23.4 Å². The molecule has 5 nitrogen and oxygen atoms in total. The average molecular weight is 338 g/mol. The van der Waals surface area contributed by atoms with Crippen molar-refractivity contribution in [3.8, 4) is 5.75 Å². The van der Waals surface area contributed by atoms with Crippen molar-refractivity contribution < 1.29 is 17.5 Å². The monoisotopic (exact) mass is 338 g/mol. The van der Waals surface area contributed by atoms with Crippen molar-refractivity contribution in [1.82, 2.24) is 0 Å². The second-order valence-electron chi connectivity index (χ2n) is 5.21. The molecule has 0 bridgehead atoms. The summed E-state index contributed by atoms with van der Waals surface area (Å²) in [6.45, 7) is 1.92. The van der Waals surface area contributed by atoms with Crippen molar-refractivity contribution >= 4 is 21.4 Å². The third-order valence-corrected chi connectivity index (χ3v) is 3.85. The maximum absolute atomic E-state index is 13.4. The molecule has 0 heterocycles. The molecule has 0 aliphatic heterocycles. The maximum Gasteiger partial charge on any atom is 0.229 e. The summed E-state index contributed by atoms with van der Waals surface area (Å²) in [6, 6.07) is 11.1. The van der Waals surface area contributed by atoms with Gasteiger partial charge in [-0.15, -0.1) is 0 Å². The van der Waals surface area contributed by atoms with E-state index in [1.54, 1.807) is 30.3 Å². The Balaban J connectivity index is 2.15. The van der Waals surface area contributed by atoms with Gasteiger partial charge in [0.25, 0.3) is 0 Å². The number of sulfonamides is 1. The number of nitrogens with one attached hydrogen (secondary N) is 2. The number of hydrogen-bond donors (Lipinski definition) is 2. The van der Waals surface area contributed by atoms with Crippen molar-refractivity contribution in [3.63, 3.8) is 0 Å². The van der Waals surface area contributed by atoms with Crippen LogP contribution < -0.4 is 14.8 Å². The van der Waals surface area contributed by atoms with Crippen LogP contribution in [0.1, 0.15) is 18.5 Å². The fraction of sp³-hybridized carbons (Fsp3) is 0.250. The molecule has 0 saturated heterocycles. The van der Waals surface area contributed by atoms with Crippen molar-refractivity contribution in [2.45, 2.75) is 13.0 Å². The Bertz CT molecular complexity index is 776. The van der Waals surface area contributed by atoms with E-state index >= 15 is 0 Å². The number of ether oxygens (including phenoxy) is 1. The summed E-state index contributed by atoms with van der Waals surface area (Å²) < 4.78 is 43.4. The molecule has 0 aromatic heterocycles. The molecule has 2 aromatic rings. The van der Waals surface area contributed by atoms with Crippen molar-refractivity contribution in [1.29, 1.82) is 0 Å². The van der Waals surface area contributed by atoms with E-state index in [9.17, 15) is 12.8 Å². The lowest BCUT2D eigenvalue weighted by Gasteiger charge is -2.18. The normalized spacial score (nSPS) is 12.5. The smallest absolute Gasteiger partial charge is 0.229 e. The third kappa shape index (κ3) is 4.85. The molecule has 0 aliphatic carbocycles. The number of anilines is 2. The third-order valence-electron chi connectivity index (χ3n) is 3.25. The van der Waals surface area contributed by atoms with E-state index in [2.05, 4.69) is 10.0 Å². The molecule has 0 aliphatic rings. The summed E-state index contributed by atoms with van der Waals surface area (Å²) in [5, 5.41) is 3.18. The van der Waals surface area contributed by atoms with Gasteiger partial charge >= 0.3 is 0 Å². The first kappa shape index (κ1) is 17.1. The van der Waals surface area contributed by atoms with Gasteiger partial charge in [0.2, 0.25) is 10.0 Å². The summed E-state index contributed by atoms with van der Waals surface area (Å²) in [7, 11) is -1.77. The molecule has 0 saturated carbocycles. The second kappa shape index (κ2) is 6.87. The van der Waals surface area contributed by atoms with Gasteiger partial charge in [0.05, 0.1) is 19.1 Å². The first-order valence-corrected chi connectivity index (χ1v) is 8.85. The van der Waals surface area contributed by atoms with Crippen LogP contribution in [0.25, 0.3) is 0 Å². The molecular weight excluding hydrogens is 319 g/mol. The van der Waals surface area contributed by atoms with Crippen molar-refractivity contribution in [3.05, 3.63) is 53.8 Å².